The lowest BCUT2D eigenvalue weighted by molar-refractivity contribution is 0.453. The molecule has 3 rings (SSSR count). The van der Waals surface area contributed by atoms with Crippen molar-refractivity contribution in [2.24, 2.45) is 5.73 Å². The average Bonchev–Trinajstić information content (AvgIpc) is 2.82. The summed E-state index contributed by atoms with van der Waals surface area (Å²) in [6, 6.07) is 12.4. The van der Waals surface area contributed by atoms with Gasteiger partial charge in [-0.1, -0.05) is 43.3 Å². The van der Waals surface area contributed by atoms with E-state index in [-0.39, 0.29) is 24.4 Å². The summed E-state index contributed by atoms with van der Waals surface area (Å²) in [4.78, 5) is 0. The largest absolute Gasteiger partial charge is 0.507 e. The topological polar surface area (TPSA) is 46.2 Å². The molecule has 0 fully saturated rings. The first-order chi connectivity index (χ1) is 9.63. The molecule has 2 atom stereocenters. The van der Waals surface area contributed by atoms with Crippen molar-refractivity contribution in [2.45, 2.75) is 38.6 Å². The van der Waals surface area contributed by atoms with Gasteiger partial charge in [-0.3, -0.25) is 0 Å². The van der Waals surface area contributed by atoms with E-state index in [0.29, 0.717) is 5.75 Å². The van der Waals surface area contributed by atoms with Crippen LogP contribution in [0.25, 0.3) is 0 Å². The molecule has 3 N–H and O–H groups in total. The molecular formula is C18H22ClNO. The maximum absolute atomic E-state index is 10.5. The van der Waals surface area contributed by atoms with Gasteiger partial charge < -0.3 is 10.8 Å². The van der Waals surface area contributed by atoms with Gasteiger partial charge in [0, 0.05) is 17.5 Å². The molecule has 0 spiro atoms. The van der Waals surface area contributed by atoms with Gasteiger partial charge in [-0.25, -0.2) is 0 Å². The van der Waals surface area contributed by atoms with Crippen LogP contribution in [0.5, 0.6) is 5.75 Å². The molecular weight excluding hydrogens is 282 g/mol. The Morgan fingerprint density at radius 3 is 2.52 bits per heavy atom. The number of fused-ring (bicyclic) bond motifs is 1. The summed E-state index contributed by atoms with van der Waals surface area (Å²) in [7, 11) is 0. The predicted molar refractivity (Wildman–Crippen MR) is 89.3 cm³/mol. The first-order valence-electron chi connectivity index (χ1n) is 7.28. The fraction of sp³-hybridized carbons (Fsp3) is 0.333. The fourth-order valence-corrected chi connectivity index (χ4v) is 3.42. The van der Waals surface area contributed by atoms with E-state index < -0.39 is 0 Å². The lowest BCUT2D eigenvalue weighted by atomic mass is 9.92. The second-order valence-electron chi connectivity index (χ2n) is 5.69. The van der Waals surface area contributed by atoms with Crippen LogP contribution in [0.3, 0.4) is 0 Å². The zero-order chi connectivity index (χ0) is 14.3. The molecule has 1 aliphatic rings. The molecule has 2 nitrogen and oxygen atoms in total. The van der Waals surface area contributed by atoms with Gasteiger partial charge in [-0.05, 0) is 42.0 Å². The molecule has 2 aromatic carbocycles. The molecule has 0 aliphatic heterocycles. The number of phenols is 1. The minimum Gasteiger partial charge on any atom is -0.507 e. The minimum atomic E-state index is -0.113. The maximum atomic E-state index is 10.5. The highest BCUT2D eigenvalue weighted by atomic mass is 35.5. The van der Waals surface area contributed by atoms with E-state index in [0.717, 1.165) is 24.0 Å². The SMILES string of the molecule is CCc1cc(C)c2c(c1O)C(N)C(c1ccccc1)C2.Cl. The molecule has 0 saturated carbocycles. The third-order valence-electron chi connectivity index (χ3n) is 4.55. The van der Waals surface area contributed by atoms with Crippen molar-refractivity contribution in [2.75, 3.05) is 0 Å². The van der Waals surface area contributed by atoms with Crippen LogP contribution in [0.4, 0.5) is 0 Å². The van der Waals surface area contributed by atoms with E-state index in [1.165, 1.54) is 16.7 Å². The van der Waals surface area contributed by atoms with Crippen LogP contribution in [-0.2, 0) is 12.8 Å². The van der Waals surface area contributed by atoms with Gasteiger partial charge in [-0.15, -0.1) is 12.4 Å². The van der Waals surface area contributed by atoms with Gasteiger partial charge in [0.25, 0.3) is 0 Å². The third-order valence-corrected chi connectivity index (χ3v) is 4.55. The Labute approximate surface area is 132 Å². The van der Waals surface area contributed by atoms with Crippen molar-refractivity contribution in [3.63, 3.8) is 0 Å². The monoisotopic (exact) mass is 303 g/mol. The van der Waals surface area contributed by atoms with Crippen molar-refractivity contribution >= 4 is 12.4 Å². The Bertz CT molecular complexity index is 639. The number of hydrogen-bond acceptors (Lipinski definition) is 2. The van der Waals surface area contributed by atoms with Gasteiger partial charge in [-0.2, -0.15) is 0 Å². The van der Waals surface area contributed by atoms with Crippen molar-refractivity contribution in [1.82, 2.24) is 0 Å². The van der Waals surface area contributed by atoms with Crippen LogP contribution < -0.4 is 5.73 Å². The number of phenolic OH excluding ortho intramolecular Hbond substituents is 1. The summed E-state index contributed by atoms with van der Waals surface area (Å²) in [5.74, 6) is 0.682. The summed E-state index contributed by atoms with van der Waals surface area (Å²) in [6.45, 7) is 4.19. The molecule has 21 heavy (non-hydrogen) atoms. The third kappa shape index (κ3) is 2.54. The van der Waals surface area contributed by atoms with E-state index in [1.807, 2.05) is 6.07 Å². The number of halogens is 1. The summed E-state index contributed by atoms with van der Waals surface area (Å²) in [5, 5.41) is 10.5. The zero-order valence-electron chi connectivity index (χ0n) is 12.5. The molecule has 2 aromatic rings. The van der Waals surface area contributed by atoms with E-state index >= 15 is 0 Å². The predicted octanol–water partition coefficient (Wildman–Crippen LogP) is 4.02. The Hall–Kier alpha value is -1.51. The van der Waals surface area contributed by atoms with Gasteiger partial charge in [0.05, 0.1) is 0 Å². The molecule has 3 heteroatoms. The van der Waals surface area contributed by atoms with Crippen LogP contribution >= 0.6 is 12.4 Å². The normalized spacial score (nSPS) is 20.0. The lowest BCUT2D eigenvalue weighted by Gasteiger charge is -2.17. The van der Waals surface area contributed by atoms with Gasteiger partial charge in [0.2, 0.25) is 0 Å². The van der Waals surface area contributed by atoms with Crippen LogP contribution in [0.2, 0.25) is 0 Å². The molecule has 0 amide bonds. The van der Waals surface area contributed by atoms with Gasteiger partial charge >= 0.3 is 0 Å². The summed E-state index contributed by atoms with van der Waals surface area (Å²) < 4.78 is 0. The number of hydrogen-bond donors (Lipinski definition) is 2. The van der Waals surface area contributed by atoms with Crippen LogP contribution in [-0.4, -0.2) is 5.11 Å². The Kier molecular flexibility index (Phi) is 4.60. The van der Waals surface area contributed by atoms with Crippen molar-refractivity contribution < 1.29 is 5.11 Å². The highest BCUT2D eigenvalue weighted by molar-refractivity contribution is 5.85. The highest BCUT2D eigenvalue weighted by Gasteiger charge is 2.34. The number of rotatable bonds is 2. The van der Waals surface area contributed by atoms with E-state index in [9.17, 15) is 5.11 Å². The molecule has 0 saturated heterocycles. The molecule has 0 bridgehead atoms. The Morgan fingerprint density at radius 2 is 1.90 bits per heavy atom. The molecule has 0 radical (unpaired) electrons. The van der Waals surface area contributed by atoms with Gasteiger partial charge in [0.1, 0.15) is 5.75 Å². The first kappa shape index (κ1) is 15.9. The van der Waals surface area contributed by atoms with Gasteiger partial charge in [0.15, 0.2) is 0 Å². The molecule has 1 aliphatic carbocycles. The Balaban J connectivity index is 0.00000161. The highest BCUT2D eigenvalue weighted by Crippen LogP contribution is 2.47. The summed E-state index contributed by atoms with van der Waals surface area (Å²) >= 11 is 0. The van der Waals surface area contributed by atoms with Crippen molar-refractivity contribution in [3.05, 3.63) is 64.2 Å². The molecule has 112 valence electrons. The van der Waals surface area contributed by atoms with E-state index in [4.69, 9.17) is 5.73 Å². The molecule has 0 aromatic heterocycles. The second-order valence-corrected chi connectivity index (χ2v) is 5.69. The lowest BCUT2D eigenvalue weighted by Crippen LogP contribution is -2.15. The second kappa shape index (κ2) is 6.08. The number of benzene rings is 2. The summed E-state index contributed by atoms with van der Waals surface area (Å²) in [6.07, 6.45) is 1.76. The van der Waals surface area contributed by atoms with Crippen LogP contribution in [0, 0.1) is 6.92 Å². The number of nitrogens with two attached hydrogens (primary N) is 1. The number of aryl methyl sites for hydroxylation is 2. The van der Waals surface area contributed by atoms with E-state index in [2.05, 4.69) is 44.2 Å². The van der Waals surface area contributed by atoms with E-state index in [1.54, 1.807) is 0 Å². The molecule has 0 heterocycles. The smallest absolute Gasteiger partial charge is 0.123 e. The maximum Gasteiger partial charge on any atom is 0.123 e. The fourth-order valence-electron chi connectivity index (χ4n) is 3.42. The first-order valence-corrected chi connectivity index (χ1v) is 7.28. The standard InChI is InChI=1S/C18H21NO.ClH/c1-3-12-9-11(2)14-10-15(13-7-5-4-6-8-13)17(19)16(14)18(12)20;/h4-9,15,17,20H,3,10,19H2,1-2H3;1H. The quantitative estimate of drug-likeness (QED) is 0.880. The molecule has 2 unspecified atom stereocenters. The minimum absolute atomic E-state index is 0. The number of aromatic hydroxyl groups is 1. The average molecular weight is 304 g/mol. The zero-order valence-corrected chi connectivity index (χ0v) is 13.3. The van der Waals surface area contributed by atoms with Crippen LogP contribution in [0.1, 0.15) is 46.7 Å². The Morgan fingerprint density at radius 1 is 1.24 bits per heavy atom. The summed E-state index contributed by atoms with van der Waals surface area (Å²) in [5.41, 5.74) is 12.2. The van der Waals surface area contributed by atoms with Crippen molar-refractivity contribution in [1.29, 1.82) is 0 Å². The van der Waals surface area contributed by atoms with Crippen molar-refractivity contribution in [3.8, 4) is 5.75 Å². The van der Waals surface area contributed by atoms with Crippen LogP contribution in [0.15, 0.2) is 36.4 Å².